The summed E-state index contributed by atoms with van der Waals surface area (Å²) in [7, 11) is -0.580. The van der Waals surface area contributed by atoms with E-state index in [9.17, 15) is 4.79 Å². The molecule has 0 atom stereocenters. The van der Waals surface area contributed by atoms with E-state index in [1.54, 1.807) is 6.20 Å². The van der Waals surface area contributed by atoms with Gasteiger partial charge in [-0.1, -0.05) is 0 Å². The number of rotatable bonds is 4. The second kappa shape index (κ2) is 7.16. The Labute approximate surface area is 159 Å². The molecular weight excluding hydrogens is 439 g/mol. The van der Waals surface area contributed by atoms with Gasteiger partial charge in [-0.15, -0.1) is 12.3 Å². The minimum atomic E-state index is -0.580. The van der Waals surface area contributed by atoms with Gasteiger partial charge in [0.1, 0.15) is 5.82 Å². The molecule has 2 rings (SSSR count). The van der Waals surface area contributed by atoms with Crippen molar-refractivity contribution in [3.05, 3.63) is 15.1 Å². The quantitative estimate of drug-likeness (QED) is 0.557. The molecule has 2 heterocycles. The lowest BCUT2D eigenvalue weighted by Crippen LogP contribution is -2.41. The highest BCUT2D eigenvalue weighted by Crippen LogP contribution is 2.38. The summed E-state index contributed by atoms with van der Waals surface area (Å²) in [6.45, 7) is 7.94. The van der Waals surface area contributed by atoms with Crippen LogP contribution in [0, 0.1) is 12.3 Å². The summed E-state index contributed by atoms with van der Waals surface area (Å²) in [6.07, 6.45) is 7.42. The zero-order valence-corrected chi connectivity index (χ0v) is 17.2. The zero-order valence-electron chi connectivity index (χ0n) is 14.1. The van der Waals surface area contributed by atoms with Crippen LogP contribution in [-0.2, 0) is 14.1 Å². The van der Waals surface area contributed by atoms with E-state index in [0.717, 1.165) is 9.94 Å². The SMILES string of the molecule is C#CCCC(=O)Nc1ncc(Br)c(B2OC(C)(C)C(C)(C)O2)c1Br. The Morgan fingerprint density at radius 1 is 1.33 bits per heavy atom. The molecule has 1 saturated heterocycles. The van der Waals surface area contributed by atoms with Crippen LogP contribution in [0.4, 0.5) is 5.82 Å². The van der Waals surface area contributed by atoms with Gasteiger partial charge in [-0.2, -0.15) is 0 Å². The first-order chi connectivity index (χ1) is 11.1. The first-order valence-electron chi connectivity index (χ1n) is 7.52. The standard InChI is InChI=1S/C16H19BBr2N2O3/c1-6-7-8-11(22)21-14-13(19)12(10(18)9-20-14)17-23-15(2,3)16(4,5)24-17/h1,9H,7-8H2,2-5H3,(H,20,21,22). The summed E-state index contributed by atoms with van der Waals surface area (Å²) >= 11 is 6.99. The van der Waals surface area contributed by atoms with Crippen LogP contribution >= 0.6 is 31.9 Å². The molecule has 0 aliphatic carbocycles. The van der Waals surface area contributed by atoms with Crippen molar-refractivity contribution in [3.63, 3.8) is 0 Å². The molecule has 1 N–H and O–H groups in total. The minimum absolute atomic E-state index is 0.191. The maximum atomic E-state index is 11.9. The van der Waals surface area contributed by atoms with Gasteiger partial charge in [0.15, 0.2) is 0 Å². The lowest BCUT2D eigenvalue weighted by Gasteiger charge is -2.32. The highest BCUT2D eigenvalue weighted by molar-refractivity contribution is 9.11. The Bertz CT molecular complexity index is 685. The third-order valence-corrected chi connectivity index (χ3v) is 5.69. The normalized spacial score (nSPS) is 18.3. The molecule has 1 aromatic rings. The van der Waals surface area contributed by atoms with Crippen LogP contribution in [0.25, 0.3) is 0 Å². The Morgan fingerprint density at radius 3 is 2.46 bits per heavy atom. The maximum Gasteiger partial charge on any atom is 0.497 e. The van der Waals surface area contributed by atoms with Gasteiger partial charge in [-0.25, -0.2) is 4.98 Å². The number of pyridine rings is 1. The molecule has 1 aliphatic heterocycles. The number of nitrogens with zero attached hydrogens (tertiary/aromatic N) is 1. The molecule has 8 heteroatoms. The fraction of sp³-hybridized carbons (Fsp3) is 0.500. The summed E-state index contributed by atoms with van der Waals surface area (Å²) in [5, 5.41) is 2.75. The predicted octanol–water partition coefficient (Wildman–Crippen LogP) is 3.26. The Morgan fingerprint density at radius 2 is 1.92 bits per heavy atom. The van der Waals surface area contributed by atoms with Crippen molar-refractivity contribution >= 4 is 56.2 Å². The van der Waals surface area contributed by atoms with E-state index in [1.807, 2.05) is 27.7 Å². The van der Waals surface area contributed by atoms with E-state index in [1.165, 1.54) is 0 Å². The summed E-state index contributed by atoms with van der Waals surface area (Å²) in [5.41, 5.74) is -0.178. The lowest BCUT2D eigenvalue weighted by molar-refractivity contribution is -0.116. The molecule has 0 bridgehead atoms. The van der Waals surface area contributed by atoms with Crippen molar-refractivity contribution in [2.45, 2.75) is 51.7 Å². The van der Waals surface area contributed by atoms with Gasteiger partial charge in [-0.3, -0.25) is 4.79 Å². The molecule has 1 aliphatic rings. The van der Waals surface area contributed by atoms with Gasteiger partial charge >= 0.3 is 7.12 Å². The van der Waals surface area contributed by atoms with Crippen LogP contribution in [0.2, 0.25) is 0 Å². The van der Waals surface area contributed by atoms with Crippen LogP contribution < -0.4 is 10.8 Å². The number of hydrogen-bond acceptors (Lipinski definition) is 4. The number of amides is 1. The van der Waals surface area contributed by atoms with Crippen LogP contribution in [0.3, 0.4) is 0 Å². The summed E-state index contributed by atoms with van der Waals surface area (Å²) in [4.78, 5) is 16.1. The minimum Gasteiger partial charge on any atom is -0.399 e. The third kappa shape index (κ3) is 3.85. The lowest BCUT2D eigenvalue weighted by atomic mass is 9.79. The Kier molecular flexibility index (Phi) is 5.81. The van der Waals surface area contributed by atoms with E-state index in [0.29, 0.717) is 16.7 Å². The number of carbonyl (C=O) groups excluding carboxylic acids is 1. The van der Waals surface area contributed by atoms with Crippen LogP contribution in [0.1, 0.15) is 40.5 Å². The predicted molar refractivity (Wildman–Crippen MR) is 102 cm³/mol. The molecule has 1 amide bonds. The van der Waals surface area contributed by atoms with Crippen LogP contribution in [-0.4, -0.2) is 29.2 Å². The zero-order chi connectivity index (χ0) is 18.1. The van der Waals surface area contributed by atoms with Crippen molar-refractivity contribution in [1.82, 2.24) is 4.98 Å². The molecule has 128 valence electrons. The number of terminal acetylenes is 1. The van der Waals surface area contributed by atoms with Gasteiger partial charge in [0.2, 0.25) is 5.91 Å². The van der Waals surface area contributed by atoms with E-state index < -0.39 is 18.3 Å². The molecule has 5 nitrogen and oxygen atoms in total. The number of anilines is 1. The highest BCUT2D eigenvalue weighted by Gasteiger charge is 2.53. The molecule has 1 fully saturated rings. The highest BCUT2D eigenvalue weighted by atomic mass is 79.9. The second-order valence-corrected chi connectivity index (χ2v) is 8.17. The monoisotopic (exact) mass is 456 g/mol. The van der Waals surface area contributed by atoms with E-state index >= 15 is 0 Å². The maximum absolute atomic E-state index is 11.9. The molecular formula is C16H19BBr2N2O3. The van der Waals surface area contributed by atoms with E-state index in [4.69, 9.17) is 15.7 Å². The first-order valence-corrected chi connectivity index (χ1v) is 9.10. The number of carbonyl (C=O) groups is 1. The van der Waals surface area contributed by atoms with Gasteiger partial charge in [0.25, 0.3) is 0 Å². The van der Waals surface area contributed by atoms with Gasteiger partial charge in [0.05, 0.1) is 15.7 Å². The Hall–Kier alpha value is -0.875. The van der Waals surface area contributed by atoms with Crippen LogP contribution in [0.15, 0.2) is 15.1 Å². The molecule has 0 aromatic carbocycles. The van der Waals surface area contributed by atoms with Crippen LogP contribution in [0.5, 0.6) is 0 Å². The number of hydrogen-bond donors (Lipinski definition) is 1. The largest absolute Gasteiger partial charge is 0.497 e. The molecule has 0 radical (unpaired) electrons. The third-order valence-electron chi connectivity index (χ3n) is 4.25. The van der Waals surface area contributed by atoms with Gasteiger partial charge in [0, 0.05) is 29.0 Å². The smallest absolute Gasteiger partial charge is 0.399 e. The van der Waals surface area contributed by atoms with Crippen molar-refractivity contribution in [2.24, 2.45) is 0 Å². The molecule has 0 spiro atoms. The molecule has 1 aromatic heterocycles. The number of nitrogens with one attached hydrogen (secondary N) is 1. The molecule has 0 unspecified atom stereocenters. The van der Waals surface area contributed by atoms with Crippen molar-refractivity contribution in [2.75, 3.05) is 5.32 Å². The fourth-order valence-corrected chi connectivity index (χ4v) is 3.48. The van der Waals surface area contributed by atoms with Crippen molar-refractivity contribution in [3.8, 4) is 12.3 Å². The summed E-state index contributed by atoms with van der Waals surface area (Å²) in [5.74, 6) is 2.66. The first kappa shape index (κ1) is 19.4. The number of aromatic nitrogens is 1. The second-order valence-electron chi connectivity index (χ2n) is 6.52. The average Bonchev–Trinajstić information content (AvgIpc) is 2.68. The average molecular weight is 458 g/mol. The number of halogens is 2. The topological polar surface area (TPSA) is 60.5 Å². The van der Waals surface area contributed by atoms with Crippen molar-refractivity contribution in [1.29, 1.82) is 0 Å². The van der Waals surface area contributed by atoms with Gasteiger partial charge < -0.3 is 14.6 Å². The summed E-state index contributed by atoms with van der Waals surface area (Å²) < 4.78 is 13.5. The fourth-order valence-electron chi connectivity index (χ4n) is 2.12. The van der Waals surface area contributed by atoms with Gasteiger partial charge in [-0.05, 0) is 59.6 Å². The van der Waals surface area contributed by atoms with E-state index in [2.05, 4.69) is 48.1 Å². The van der Waals surface area contributed by atoms with Crippen molar-refractivity contribution < 1.29 is 14.1 Å². The molecule has 24 heavy (non-hydrogen) atoms. The van der Waals surface area contributed by atoms with E-state index in [-0.39, 0.29) is 12.3 Å². The molecule has 0 saturated carbocycles. The Balaban J connectivity index is 2.31. The summed E-state index contributed by atoms with van der Waals surface area (Å²) in [6, 6.07) is 0.